The van der Waals surface area contributed by atoms with Gasteiger partial charge >= 0.3 is 12.1 Å². The average molecular weight is 373 g/mol. The van der Waals surface area contributed by atoms with Crippen molar-refractivity contribution in [1.29, 1.82) is 0 Å². The minimum atomic E-state index is -4.89. The lowest BCUT2D eigenvalue weighted by atomic mass is 9.91. The SMILES string of the molecule is CCCC(O)(C=Cc1cccc(OCCNC(=O)C(F)(F)F)c1)CCC. The van der Waals surface area contributed by atoms with Crippen molar-refractivity contribution in [2.75, 3.05) is 13.2 Å². The van der Waals surface area contributed by atoms with Gasteiger partial charge in [-0.1, -0.05) is 51.0 Å². The van der Waals surface area contributed by atoms with E-state index in [0.29, 0.717) is 18.6 Å². The molecule has 0 fully saturated rings. The van der Waals surface area contributed by atoms with Crippen LogP contribution in [0.1, 0.15) is 45.1 Å². The van der Waals surface area contributed by atoms with Crippen LogP contribution < -0.4 is 10.1 Å². The van der Waals surface area contributed by atoms with Crippen LogP contribution in [0.5, 0.6) is 5.75 Å². The van der Waals surface area contributed by atoms with Gasteiger partial charge in [-0.3, -0.25) is 4.79 Å². The lowest BCUT2D eigenvalue weighted by Crippen LogP contribution is -2.38. The Kier molecular flexibility index (Phi) is 8.65. The van der Waals surface area contributed by atoms with Crippen LogP contribution in [-0.4, -0.2) is 35.9 Å². The molecule has 26 heavy (non-hydrogen) atoms. The number of halogens is 3. The molecule has 0 unspecified atom stereocenters. The van der Waals surface area contributed by atoms with E-state index in [1.165, 1.54) is 0 Å². The molecule has 1 amide bonds. The first-order chi connectivity index (χ1) is 12.2. The fourth-order valence-corrected chi connectivity index (χ4v) is 2.55. The van der Waals surface area contributed by atoms with E-state index in [-0.39, 0.29) is 13.2 Å². The molecule has 1 rings (SSSR count). The number of hydrogen-bond acceptors (Lipinski definition) is 3. The highest BCUT2D eigenvalue weighted by atomic mass is 19.4. The highest BCUT2D eigenvalue weighted by Crippen LogP contribution is 2.23. The van der Waals surface area contributed by atoms with Crippen molar-refractivity contribution < 1.29 is 27.8 Å². The van der Waals surface area contributed by atoms with Crippen LogP contribution in [0.3, 0.4) is 0 Å². The summed E-state index contributed by atoms with van der Waals surface area (Å²) in [6, 6.07) is 6.99. The third-order valence-corrected chi connectivity index (χ3v) is 3.72. The summed E-state index contributed by atoms with van der Waals surface area (Å²) in [6.45, 7) is 3.71. The average Bonchev–Trinajstić information content (AvgIpc) is 2.57. The quantitative estimate of drug-likeness (QED) is 0.608. The number of ether oxygens (including phenoxy) is 1. The Hall–Kier alpha value is -2.02. The molecule has 1 aromatic rings. The molecule has 0 aromatic heterocycles. The zero-order valence-electron chi connectivity index (χ0n) is 15.1. The van der Waals surface area contributed by atoms with E-state index in [4.69, 9.17) is 4.74 Å². The number of carbonyl (C=O) groups is 1. The van der Waals surface area contributed by atoms with E-state index in [9.17, 15) is 23.1 Å². The van der Waals surface area contributed by atoms with E-state index in [2.05, 4.69) is 0 Å². The normalized spacial score (nSPS) is 12.4. The Balaban J connectivity index is 2.59. The summed E-state index contributed by atoms with van der Waals surface area (Å²) in [5.41, 5.74) is -0.0325. The first-order valence-corrected chi connectivity index (χ1v) is 8.69. The van der Waals surface area contributed by atoms with E-state index >= 15 is 0 Å². The van der Waals surface area contributed by atoms with E-state index in [1.54, 1.807) is 29.6 Å². The summed E-state index contributed by atoms with van der Waals surface area (Å²) < 4.78 is 41.5. The maximum Gasteiger partial charge on any atom is 0.471 e. The summed E-state index contributed by atoms with van der Waals surface area (Å²) in [5, 5.41) is 12.3. The molecule has 0 radical (unpaired) electrons. The number of rotatable bonds is 10. The van der Waals surface area contributed by atoms with Crippen LogP contribution >= 0.6 is 0 Å². The van der Waals surface area contributed by atoms with Crippen molar-refractivity contribution >= 4 is 12.0 Å². The van der Waals surface area contributed by atoms with Gasteiger partial charge in [0.05, 0.1) is 12.1 Å². The number of carbonyl (C=O) groups excluding carboxylic acids is 1. The fraction of sp³-hybridized carbons (Fsp3) is 0.526. The molecule has 0 aliphatic rings. The van der Waals surface area contributed by atoms with Gasteiger partial charge in [0.15, 0.2) is 0 Å². The summed E-state index contributed by atoms with van der Waals surface area (Å²) in [4.78, 5) is 10.7. The second kappa shape index (κ2) is 10.2. The van der Waals surface area contributed by atoms with Crippen molar-refractivity contribution in [2.45, 2.75) is 51.3 Å². The Morgan fingerprint density at radius 2 is 1.88 bits per heavy atom. The van der Waals surface area contributed by atoms with Gasteiger partial charge in [-0.2, -0.15) is 13.2 Å². The monoisotopic (exact) mass is 373 g/mol. The number of aliphatic hydroxyl groups is 1. The number of alkyl halides is 3. The Morgan fingerprint density at radius 3 is 2.46 bits per heavy atom. The van der Waals surface area contributed by atoms with Gasteiger partial charge in [0.2, 0.25) is 0 Å². The lowest BCUT2D eigenvalue weighted by molar-refractivity contribution is -0.173. The molecule has 0 saturated carbocycles. The Morgan fingerprint density at radius 1 is 1.23 bits per heavy atom. The third-order valence-electron chi connectivity index (χ3n) is 3.72. The molecule has 0 bridgehead atoms. The van der Waals surface area contributed by atoms with Crippen LogP contribution in [-0.2, 0) is 4.79 Å². The molecule has 146 valence electrons. The number of nitrogens with one attached hydrogen (secondary N) is 1. The van der Waals surface area contributed by atoms with Gasteiger partial charge < -0.3 is 15.2 Å². The van der Waals surface area contributed by atoms with Crippen LogP contribution in [0.25, 0.3) is 6.08 Å². The fourth-order valence-electron chi connectivity index (χ4n) is 2.55. The smallest absolute Gasteiger partial charge is 0.471 e. The summed E-state index contributed by atoms with van der Waals surface area (Å²) in [7, 11) is 0. The number of hydrogen-bond donors (Lipinski definition) is 2. The number of amides is 1. The van der Waals surface area contributed by atoms with E-state index < -0.39 is 17.7 Å². The third kappa shape index (κ3) is 7.91. The molecular weight excluding hydrogens is 347 g/mol. The standard InChI is InChI=1S/C19H26F3NO3/c1-3-9-18(25,10-4-2)11-8-15-6-5-7-16(14-15)26-13-12-23-17(24)19(20,21)22/h5-8,11,14,25H,3-4,9-10,12-13H2,1-2H3,(H,23,24). The van der Waals surface area contributed by atoms with Crippen molar-refractivity contribution in [3.63, 3.8) is 0 Å². The largest absolute Gasteiger partial charge is 0.492 e. The molecule has 0 saturated heterocycles. The van der Waals surface area contributed by atoms with Crippen LogP contribution in [0, 0.1) is 0 Å². The summed E-state index contributed by atoms with van der Waals surface area (Å²) in [6.07, 6.45) is 1.78. The Bertz CT molecular complexity index is 594. The van der Waals surface area contributed by atoms with Crippen molar-refractivity contribution in [2.24, 2.45) is 0 Å². The summed E-state index contributed by atoms with van der Waals surface area (Å²) >= 11 is 0. The molecule has 0 aliphatic carbocycles. The highest BCUT2D eigenvalue weighted by molar-refractivity contribution is 5.81. The molecule has 7 heteroatoms. The van der Waals surface area contributed by atoms with Gasteiger partial charge in [0.25, 0.3) is 0 Å². The van der Waals surface area contributed by atoms with Crippen LogP contribution in [0.15, 0.2) is 30.3 Å². The minimum Gasteiger partial charge on any atom is -0.492 e. The second-order valence-corrected chi connectivity index (χ2v) is 6.11. The van der Waals surface area contributed by atoms with Gasteiger partial charge in [-0.15, -0.1) is 0 Å². The maximum atomic E-state index is 12.1. The van der Waals surface area contributed by atoms with Crippen LogP contribution in [0.4, 0.5) is 13.2 Å². The molecule has 0 atom stereocenters. The van der Waals surface area contributed by atoms with E-state index in [1.807, 2.05) is 26.0 Å². The molecule has 0 aliphatic heterocycles. The molecule has 0 heterocycles. The maximum absolute atomic E-state index is 12.1. The first-order valence-electron chi connectivity index (χ1n) is 8.69. The van der Waals surface area contributed by atoms with Gasteiger partial charge in [0.1, 0.15) is 12.4 Å². The first kappa shape index (κ1) is 22.0. The highest BCUT2D eigenvalue weighted by Gasteiger charge is 2.38. The van der Waals surface area contributed by atoms with Gasteiger partial charge in [0, 0.05) is 0 Å². The molecule has 0 spiro atoms. The van der Waals surface area contributed by atoms with Crippen LogP contribution in [0.2, 0.25) is 0 Å². The minimum absolute atomic E-state index is 0.0788. The van der Waals surface area contributed by atoms with Crippen molar-refractivity contribution in [1.82, 2.24) is 5.32 Å². The second-order valence-electron chi connectivity index (χ2n) is 6.11. The van der Waals surface area contributed by atoms with E-state index in [0.717, 1.165) is 18.4 Å². The van der Waals surface area contributed by atoms with Gasteiger partial charge in [-0.05, 0) is 30.5 Å². The van der Waals surface area contributed by atoms with Crippen molar-refractivity contribution in [3.05, 3.63) is 35.9 Å². The molecular formula is C19H26F3NO3. The molecule has 4 nitrogen and oxygen atoms in total. The van der Waals surface area contributed by atoms with Gasteiger partial charge in [-0.25, -0.2) is 0 Å². The predicted molar refractivity (Wildman–Crippen MR) is 94.8 cm³/mol. The predicted octanol–water partition coefficient (Wildman–Crippen LogP) is 4.09. The number of benzene rings is 1. The molecule has 2 N–H and O–H groups in total. The zero-order chi connectivity index (χ0) is 19.6. The Labute approximate surface area is 152 Å². The lowest BCUT2D eigenvalue weighted by Gasteiger charge is -2.23. The zero-order valence-corrected chi connectivity index (χ0v) is 15.1. The molecule has 1 aromatic carbocycles. The topological polar surface area (TPSA) is 58.6 Å². The summed E-state index contributed by atoms with van der Waals surface area (Å²) in [5.74, 6) is -1.51. The van der Waals surface area contributed by atoms with Crippen molar-refractivity contribution in [3.8, 4) is 5.75 Å².